The lowest BCUT2D eigenvalue weighted by molar-refractivity contribution is 0.0298. The Bertz CT molecular complexity index is 506. The molecule has 4 nitrogen and oxygen atoms in total. The molecule has 1 aromatic rings. The number of halogens is 3. The summed E-state index contributed by atoms with van der Waals surface area (Å²) in [5.41, 5.74) is 0. The lowest BCUT2D eigenvalue weighted by Crippen LogP contribution is -2.44. The molecule has 0 aliphatic carbocycles. The van der Waals surface area contributed by atoms with E-state index in [1.54, 1.807) is 11.8 Å². The molecule has 8 heteroatoms. The summed E-state index contributed by atoms with van der Waals surface area (Å²) in [6.07, 6.45) is -0.357. The molecular weight excluding hydrogens is 427 g/mol. The molecule has 1 aromatic carbocycles. The molecule has 1 fully saturated rings. The quantitative estimate of drug-likeness (QED) is 0.536. The second-order valence-electron chi connectivity index (χ2n) is 7.00. The maximum absolute atomic E-state index is 10.5. The number of ether oxygens (including phenoxy) is 1. The van der Waals surface area contributed by atoms with Crippen LogP contribution in [-0.4, -0.2) is 79.2 Å². The molecule has 1 N–H and O–H groups in total. The predicted molar refractivity (Wildman–Crippen MR) is 121 cm³/mol. The highest BCUT2D eigenvalue weighted by atomic mass is 35.5. The van der Waals surface area contributed by atoms with Crippen LogP contribution in [0.5, 0.6) is 0 Å². The van der Waals surface area contributed by atoms with Gasteiger partial charge in [0.1, 0.15) is 0 Å². The largest absolute Gasteiger partial charge is 0.391 e. The van der Waals surface area contributed by atoms with Gasteiger partial charge in [0, 0.05) is 49.9 Å². The summed E-state index contributed by atoms with van der Waals surface area (Å²) in [5.74, 6) is 1.25. The second-order valence-corrected chi connectivity index (χ2v) is 8.47. The van der Waals surface area contributed by atoms with Crippen LogP contribution in [0, 0.1) is 5.92 Å². The summed E-state index contributed by atoms with van der Waals surface area (Å²) in [7, 11) is 0. The van der Waals surface area contributed by atoms with Crippen molar-refractivity contribution >= 4 is 48.2 Å². The molecule has 0 amide bonds. The van der Waals surface area contributed by atoms with E-state index in [1.807, 2.05) is 24.3 Å². The van der Waals surface area contributed by atoms with Crippen molar-refractivity contribution in [3.05, 3.63) is 29.3 Å². The van der Waals surface area contributed by atoms with Crippen LogP contribution in [0.2, 0.25) is 5.02 Å². The first kappa shape index (κ1) is 27.3. The first-order valence-electron chi connectivity index (χ1n) is 9.12. The van der Waals surface area contributed by atoms with Crippen molar-refractivity contribution in [2.24, 2.45) is 5.92 Å². The van der Waals surface area contributed by atoms with Crippen molar-refractivity contribution in [2.45, 2.75) is 24.8 Å². The number of aliphatic hydroxyl groups is 1. The summed E-state index contributed by atoms with van der Waals surface area (Å²) < 4.78 is 5.41. The molecule has 2 rings (SSSR count). The van der Waals surface area contributed by atoms with E-state index >= 15 is 0 Å². The number of hydrogen-bond donors (Lipinski definition) is 1. The van der Waals surface area contributed by atoms with Gasteiger partial charge in [-0.25, -0.2) is 0 Å². The monoisotopic (exact) mass is 458 g/mol. The fraction of sp³-hybridized carbons (Fsp3) is 0.684. The Morgan fingerprint density at radius 3 is 2.48 bits per heavy atom. The molecule has 0 radical (unpaired) electrons. The third-order valence-electron chi connectivity index (χ3n) is 4.20. The van der Waals surface area contributed by atoms with Gasteiger partial charge >= 0.3 is 0 Å². The van der Waals surface area contributed by atoms with Crippen LogP contribution < -0.4 is 0 Å². The third kappa shape index (κ3) is 11.1. The first-order valence-corrected chi connectivity index (χ1v) is 10.5. The SMILES string of the molecule is CC(C)CN(CCN1CCOCC1)CC(O)CSc1ccccc1Cl.Cl.Cl. The lowest BCUT2D eigenvalue weighted by Gasteiger charge is -2.31. The second kappa shape index (κ2) is 15.2. The van der Waals surface area contributed by atoms with Gasteiger partial charge in [-0.3, -0.25) is 9.80 Å². The van der Waals surface area contributed by atoms with Crippen LogP contribution in [-0.2, 0) is 4.74 Å². The maximum Gasteiger partial charge on any atom is 0.0760 e. The van der Waals surface area contributed by atoms with Crippen LogP contribution >= 0.6 is 48.2 Å². The Hall–Kier alpha value is 0.280. The number of morpholine rings is 1. The van der Waals surface area contributed by atoms with Gasteiger partial charge in [0.25, 0.3) is 0 Å². The minimum Gasteiger partial charge on any atom is -0.391 e. The van der Waals surface area contributed by atoms with Gasteiger partial charge in [-0.2, -0.15) is 0 Å². The van der Waals surface area contributed by atoms with Crippen LogP contribution in [0.1, 0.15) is 13.8 Å². The minimum absolute atomic E-state index is 0. The highest BCUT2D eigenvalue weighted by molar-refractivity contribution is 7.99. The third-order valence-corrected chi connectivity index (χ3v) is 5.86. The molecule has 1 saturated heterocycles. The summed E-state index contributed by atoms with van der Waals surface area (Å²) in [4.78, 5) is 5.87. The lowest BCUT2D eigenvalue weighted by atomic mass is 10.2. The number of benzene rings is 1. The highest BCUT2D eigenvalue weighted by Crippen LogP contribution is 2.27. The zero-order chi connectivity index (χ0) is 18.1. The summed E-state index contributed by atoms with van der Waals surface area (Å²) in [6.45, 7) is 11.9. The van der Waals surface area contributed by atoms with Crippen molar-refractivity contribution in [1.82, 2.24) is 9.80 Å². The van der Waals surface area contributed by atoms with Gasteiger partial charge in [0.15, 0.2) is 0 Å². The van der Waals surface area contributed by atoms with Crippen molar-refractivity contribution in [2.75, 3.05) is 58.2 Å². The van der Waals surface area contributed by atoms with Gasteiger partial charge in [0.2, 0.25) is 0 Å². The zero-order valence-electron chi connectivity index (χ0n) is 16.2. The number of hydrogen-bond acceptors (Lipinski definition) is 5. The van der Waals surface area contributed by atoms with E-state index in [4.69, 9.17) is 16.3 Å². The Morgan fingerprint density at radius 2 is 1.85 bits per heavy atom. The van der Waals surface area contributed by atoms with Crippen molar-refractivity contribution in [1.29, 1.82) is 0 Å². The van der Waals surface area contributed by atoms with E-state index in [9.17, 15) is 5.11 Å². The van der Waals surface area contributed by atoms with Crippen molar-refractivity contribution < 1.29 is 9.84 Å². The van der Waals surface area contributed by atoms with Crippen LogP contribution in [0.3, 0.4) is 0 Å². The number of aliphatic hydroxyl groups excluding tert-OH is 1. The molecule has 0 aromatic heterocycles. The van der Waals surface area contributed by atoms with E-state index in [1.165, 1.54) is 0 Å². The number of thioether (sulfide) groups is 1. The highest BCUT2D eigenvalue weighted by Gasteiger charge is 2.16. The normalized spacial score (nSPS) is 16.1. The fourth-order valence-electron chi connectivity index (χ4n) is 2.98. The standard InChI is InChI=1S/C19H31ClN2O2S.2ClH/c1-16(2)13-22(8-7-21-9-11-24-12-10-21)14-17(23)15-25-19-6-4-3-5-18(19)20;;/h3-6,16-17,23H,7-15H2,1-2H3;2*1H. The number of nitrogens with zero attached hydrogens (tertiary/aromatic N) is 2. The Kier molecular flexibility index (Phi) is 15.3. The summed E-state index contributed by atoms with van der Waals surface area (Å²) in [5, 5.41) is 11.2. The van der Waals surface area contributed by atoms with Crippen molar-refractivity contribution in [3.8, 4) is 0 Å². The maximum atomic E-state index is 10.5. The van der Waals surface area contributed by atoms with Gasteiger partial charge in [-0.05, 0) is 18.1 Å². The molecule has 158 valence electrons. The Balaban J connectivity index is 0.00000338. The summed E-state index contributed by atoms with van der Waals surface area (Å²) in [6, 6.07) is 7.81. The molecule has 1 aliphatic heterocycles. The molecule has 1 heterocycles. The first-order chi connectivity index (χ1) is 12.0. The average molecular weight is 460 g/mol. The molecule has 1 atom stereocenters. The smallest absolute Gasteiger partial charge is 0.0760 e. The molecule has 0 spiro atoms. The van der Waals surface area contributed by atoms with E-state index in [0.29, 0.717) is 18.2 Å². The average Bonchev–Trinajstić information content (AvgIpc) is 2.59. The minimum atomic E-state index is -0.357. The van der Waals surface area contributed by atoms with Gasteiger partial charge < -0.3 is 9.84 Å². The van der Waals surface area contributed by atoms with Crippen LogP contribution in [0.4, 0.5) is 0 Å². The molecule has 1 unspecified atom stereocenters. The van der Waals surface area contributed by atoms with Gasteiger partial charge in [-0.1, -0.05) is 37.6 Å². The summed E-state index contributed by atoms with van der Waals surface area (Å²) >= 11 is 7.82. The molecular formula is C19H33Cl3N2O2S. The van der Waals surface area contributed by atoms with Crippen LogP contribution in [0.25, 0.3) is 0 Å². The van der Waals surface area contributed by atoms with Gasteiger partial charge in [0.05, 0.1) is 24.3 Å². The molecule has 27 heavy (non-hydrogen) atoms. The Morgan fingerprint density at radius 1 is 1.19 bits per heavy atom. The van der Waals surface area contributed by atoms with Crippen molar-refractivity contribution in [3.63, 3.8) is 0 Å². The van der Waals surface area contributed by atoms with E-state index in [0.717, 1.165) is 55.9 Å². The number of rotatable bonds is 10. The van der Waals surface area contributed by atoms with Crippen LogP contribution in [0.15, 0.2) is 29.2 Å². The topological polar surface area (TPSA) is 35.9 Å². The zero-order valence-corrected chi connectivity index (χ0v) is 19.4. The molecule has 0 bridgehead atoms. The van der Waals surface area contributed by atoms with Gasteiger partial charge in [-0.15, -0.1) is 36.6 Å². The van der Waals surface area contributed by atoms with E-state index < -0.39 is 0 Å². The molecule has 0 saturated carbocycles. The molecule has 1 aliphatic rings. The Labute approximate surface area is 185 Å². The fourth-order valence-corrected chi connectivity index (χ4v) is 4.14. The predicted octanol–water partition coefficient (Wildman–Crippen LogP) is 3.93. The van der Waals surface area contributed by atoms with E-state index in [2.05, 4.69) is 23.6 Å². The van der Waals surface area contributed by atoms with E-state index in [-0.39, 0.29) is 30.9 Å².